The van der Waals surface area contributed by atoms with Gasteiger partial charge in [0.2, 0.25) is 0 Å². The summed E-state index contributed by atoms with van der Waals surface area (Å²) in [6.07, 6.45) is 1.89. The maximum atomic E-state index is 10.9. The Morgan fingerprint density at radius 3 is 1.82 bits per heavy atom. The van der Waals surface area contributed by atoms with Gasteiger partial charge in [-0.25, -0.2) is 0 Å². The summed E-state index contributed by atoms with van der Waals surface area (Å²) in [7, 11) is -10.00. The molecule has 0 amide bonds. The van der Waals surface area contributed by atoms with Crippen molar-refractivity contribution in [2.45, 2.75) is 37.7 Å². The summed E-state index contributed by atoms with van der Waals surface area (Å²) in [6, 6.07) is 0. The molecule has 2 unspecified atom stereocenters. The van der Waals surface area contributed by atoms with E-state index in [2.05, 4.69) is 0 Å². The fourth-order valence-corrected chi connectivity index (χ4v) is 3.51. The zero-order valence-electron chi connectivity index (χ0n) is 14.0. The molecule has 0 heterocycles. The average Bonchev–Trinajstić information content (AvgIpc) is 2.23. The molecular weight excluding hydrogens is 365 g/mol. The van der Waals surface area contributed by atoms with Gasteiger partial charge in [0.25, 0.3) is 0 Å². The minimum absolute atomic E-state index is 0. The summed E-state index contributed by atoms with van der Waals surface area (Å²) in [5.41, 5.74) is 0. The molecule has 0 bridgehead atoms. The summed E-state index contributed by atoms with van der Waals surface area (Å²) in [6.45, 7) is 2.44. The van der Waals surface area contributed by atoms with Gasteiger partial charge in [-0.05, 0) is 27.6 Å². The number of unbranched alkanes of at least 4 members (excludes halogenated alkanes) is 2. The summed E-state index contributed by atoms with van der Waals surface area (Å²) < 4.78 is 21.8. The molecule has 0 saturated carbocycles. The topological polar surface area (TPSA) is 147 Å². The van der Waals surface area contributed by atoms with Gasteiger partial charge in [-0.2, -0.15) is 0 Å². The number of nitrogens with zero attached hydrogens (tertiary/aromatic N) is 1. The number of aliphatic hydroxyl groups is 1. The minimum Gasteiger partial charge on any atom is -0.808 e. The van der Waals surface area contributed by atoms with Crippen LogP contribution in [0.1, 0.15) is 32.6 Å². The molecule has 0 fully saturated rings. The maximum absolute atomic E-state index is 10.9. The van der Waals surface area contributed by atoms with Crippen molar-refractivity contribution in [2.75, 3.05) is 20.1 Å². The van der Waals surface area contributed by atoms with E-state index in [9.17, 15) is 28.9 Å². The smallest absolute Gasteiger partial charge is 0.808 e. The Morgan fingerprint density at radius 1 is 1.05 bits per heavy atom. The second-order valence-electron chi connectivity index (χ2n) is 4.55. The van der Waals surface area contributed by atoms with Gasteiger partial charge < -0.3 is 38.7 Å². The van der Waals surface area contributed by atoms with E-state index in [1.807, 2.05) is 6.92 Å². The fraction of sp³-hybridized carbons (Fsp3) is 1.00. The molecule has 0 spiro atoms. The molecule has 2 N–H and O–H groups in total. The van der Waals surface area contributed by atoms with Gasteiger partial charge in [-0.1, -0.05) is 19.8 Å². The zero-order valence-corrected chi connectivity index (χ0v) is 21.8. The van der Waals surface area contributed by atoms with Crippen LogP contribution in [0.4, 0.5) is 0 Å². The van der Waals surface area contributed by atoms with E-state index in [4.69, 9.17) is 4.89 Å². The van der Waals surface area contributed by atoms with Gasteiger partial charge in [0, 0.05) is 13.0 Å². The Labute approximate surface area is 198 Å². The Balaban J connectivity index is -0.000000540. The largest absolute Gasteiger partial charge is 1.00 e. The first-order valence-electron chi connectivity index (χ1n) is 5.92. The van der Waals surface area contributed by atoms with E-state index in [1.54, 1.807) is 11.9 Å². The monoisotopic (exact) mass is 385 g/mol. The molecule has 0 aliphatic rings. The molecule has 116 valence electrons. The quantitative estimate of drug-likeness (QED) is 0.226. The van der Waals surface area contributed by atoms with Gasteiger partial charge >= 0.3 is 88.7 Å². The van der Waals surface area contributed by atoms with E-state index >= 15 is 0 Å². The van der Waals surface area contributed by atoms with Crippen molar-refractivity contribution in [1.82, 2.24) is 4.90 Å². The summed E-state index contributed by atoms with van der Waals surface area (Å²) in [5.74, 6) is 0. The van der Waals surface area contributed by atoms with Gasteiger partial charge in [0.05, 0.1) is 0 Å². The molecule has 0 radical (unpaired) electrons. The number of hydrogen-bond acceptors (Lipinski definition) is 7. The van der Waals surface area contributed by atoms with E-state index in [0.29, 0.717) is 6.54 Å². The van der Waals surface area contributed by atoms with Gasteiger partial charge in [-0.3, -0.25) is 0 Å². The van der Waals surface area contributed by atoms with Crippen LogP contribution in [0.15, 0.2) is 0 Å². The van der Waals surface area contributed by atoms with Crippen molar-refractivity contribution < 1.29 is 122 Å². The SMILES string of the molecule is CCCCCN(C)CCC(O)(P(=O)([O-])[O-])P(=O)([O-])O.[Na+].[Na+].[Na+]. The summed E-state index contributed by atoms with van der Waals surface area (Å²) in [5, 5.41) is 5.82. The van der Waals surface area contributed by atoms with Crippen molar-refractivity contribution >= 4 is 15.2 Å². The first-order valence-corrected chi connectivity index (χ1v) is 9.04. The van der Waals surface area contributed by atoms with E-state index in [1.165, 1.54) is 0 Å². The molecule has 0 aromatic carbocycles. The molecule has 0 aliphatic carbocycles. The van der Waals surface area contributed by atoms with Crippen molar-refractivity contribution in [3.8, 4) is 0 Å². The van der Waals surface area contributed by atoms with Crippen molar-refractivity contribution in [3.63, 3.8) is 0 Å². The Hall–Kier alpha value is 3.22. The Kier molecular flexibility index (Phi) is 21.4. The molecule has 0 aromatic heterocycles. The number of rotatable bonds is 9. The van der Waals surface area contributed by atoms with Gasteiger partial charge in [0.15, 0.2) is 12.7 Å². The standard InChI is InChI=1S/C9H23NO7P2.3Na/c1-3-4-5-7-10(2)8-6-9(11,18(12,13)14)19(15,16)17;;;/h11H,3-8H2,1-2H3,(H2,12,13,14)(H2,15,16,17);;;/q;3*+1/p-3. The van der Waals surface area contributed by atoms with Crippen molar-refractivity contribution in [1.29, 1.82) is 0 Å². The van der Waals surface area contributed by atoms with E-state index in [0.717, 1.165) is 19.3 Å². The Morgan fingerprint density at radius 2 is 1.50 bits per heavy atom. The molecule has 2 atom stereocenters. The maximum Gasteiger partial charge on any atom is 1.00 e. The molecule has 8 nitrogen and oxygen atoms in total. The second-order valence-corrected chi connectivity index (χ2v) is 8.42. The Bertz CT molecular complexity index is 354. The van der Waals surface area contributed by atoms with Crippen molar-refractivity contribution in [3.05, 3.63) is 0 Å². The van der Waals surface area contributed by atoms with Crippen LogP contribution >= 0.6 is 15.2 Å². The molecule has 0 rings (SSSR count). The first-order chi connectivity index (χ1) is 8.45. The van der Waals surface area contributed by atoms with E-state index < -0.39 is 26.7 Å². The molecule has 13 heteroatoms. The summed E-state index contributed by atoms with van der Waals surface area (Å²) >= 11 is 0. The van der Waals surface area contributed by atoms with Crippen LogP contribution in [0.5, 0.6) is 0 Å². The third-order valence-electron chi connectivity index (χ3n) is 2.86. The van der Waals surface area contributed by atoms with Crippen LogP contribution in [0.2, 0.25) is 0 Å². The third kappa shape index (κ3) is 11.0. The average molecular weight is 385 g/mol. The van der Waals surface area contributed by atoms with Crippen LogP contribution in [0.3, 0.4) is 0 Å². The molecule has 22 heavy (non-hydrogen) atoms. The van der Waals surface area contributed by atoms with Gasteiger partial charge in [0.1, 0.15) is 0 Å². The molecular formula is C9H20NNa3O7P2. The van der Waals surface area contributed by atoms with Crippen LogP contribution in [0.25, 0.3) is 0 Å². The second kappa shape index (κ2) is 14.3. The normalized spacial score (nSPS) is 16.5. The predicted molar refractivity (Wildman–Crippen MR) is 64.0 cm³/mol. The van der Waals surface area contributed by atoms with Crippen LogP contribution in [-0.2, 0) is 9.13 Å². The summed E-state index contributed by atoms with van der Waals surface area (Å²) in [4.78, 5) is 43.0. The third-order valence-corrected chi connectivity index (χ3v) is 6.59. The first kappa shape index (κ1) is 32.9. The molecule has 0 aromatic rings. The predicted octanol–water partition coefficient (Wildman–Crippen LogP) is -10.4. The number of hydrogen-bond donors (Lipinski definition) is 2. The van der Waals surface area contributed by atoms with Gasteiger partial charge in [-0.15, -0.1) is 0 Å². The van der Waals surface area contributed by atoms with Crippen molar-refractivity contribution in [2.24, 2.45) is 0 Å². The molecule has 0 aliphatic heterocycles. The minimum atomic E-state index is -5.89. The fourth-order valence-electron chi connectivity index (χ4n) is 1.52. The van der Waals surface area contributed by atoms with Crippen LogP contribution in [0, 0.1) is 0 Å². The van der Waals surface area contributed by atoms with Crippen LogP contribution in [-0.4, -0.2) is 40.1 Å². The van der Waals surface area contributed by atoms with Crippen LogP contribution < -0.4 is 103 Å². The van der Waals surface area contributed by atoms with E-state index in [-0.39, 0.29) is 95.2 Å². The zero-order chi connectivity index (χ0) is 15.3. The molecule has 0 saturated heterocycles.